The fraction of sp³-hybridized carbons (Fsp3) is 0.263. The monoisotopic (exact) mass is 365 g/mol. The minimum Gasteiger partial charge on any atom is -0.342 e. The summed E-state index contributed by atoms with van der Waals surface area (Å²) < 4.78 is 1.23. The maximum Gasteiger partial charge on any atom is 0.272 e. The van der Waals surface area contributed by atoms with E-state index in [2.05, 4.69) is 15.4 Å². The normalized spacial score (nSPS) is 16.9. The molecule has 0 bridgehead atoms. The standard InChI is InChI=1S/C19H19N5O3/c1-2-23-11-12(8-16(23)25)15-9-17(26)24-18(22-15)14(10-20-24)19(27)21-13-6-4-3-5-7-13/h3-7,9-10,12,20H,2,8,11H2,1H3,(H,21,27). The number of hydrogen-bond acceptors (Lipinski definition) is 4. The number of carbonyl (C=O) groups is 2. The number of likely N-dealkylation sites (tertiary alicyclic amines) is 1. The maximum absolute atomic E-state index is 12.6. The molecule has 1 aliphatic rings. The number of H-pyrrole nitrogens is 1. The first-order chi connectivity index (χ1) is 13.1. The second-order valence-electron chi connectivity index (χ2n) is 6.52. The third-order valence-corrected chi connectivity index (χ3v) is 4.81. The lowest BCUT2D eigenvalue weighted by Crippen LogP contribution is -2.24. The summed E-state index contributed by atoms with van der Waals surface area (Å²) >= 11 is 0. The Morgan fingerprint density at radius 2 is 2.07 bits per heavy atom. The van der Waals surface area contributed by atoms with Gasteiger partial charge in [-0.3, -0.25) is 19.5 Å². The molecule has 4 rings (SSSR count). The summed E-state index contributed by atoms with van der Waals surface area (Å²) in [5.41, 5.74) is 1.41. The number of fused-ring (bicyclic) bond motifs is 1. The zero-order valence-corrected chi connectivity index (χ0v) is 14.8. The summed E-state index contributed by atoms with van der Waals surface area (Å²) in [6.45, 7) is 3.09. The molecule has 3 heterocycles. The van der Waals surface area contributed by atoms with Crippen LogP contribution < -0.4 is 10.9 Å². The van der Waals surface area contributed by atoms with Gasteiger partial charge in [0.05, 0.1) is 5.69 Å². The highest BCUT2D eigenvalue weighted by molar-refractivity contribution is 6.08. The van der Waals surface area contributed by atoms with Gasteiger partial charge in [-0.15, -0.1) is 0 Å². The lowest BCUT2D eigenvalue weighted by atomic mass is 10.0. The Hall–Kier alpha value is -3.42. The molecule has 1 atom stereocenters. The van der Waals surface area contributed by atoms with Crippen LogP contribution in [0.25, 0.3) is 5.65 Å². The van der Waals surface area contributed by atoms with Gasteiger partial charge in [0.15, 0.2) is 5.65 Å². The number of nitrogens with one attached hydrogen (secondary N) is 2. The zero-order chi connectivity index (χ0) is 19.0. The first kappa shape index (κ1) is 17.0. The number of para-hydroxylation sites is 1. The molecule has 8 nitrogen and oxygen atoms in total. The van der Waals surface area contributed by atoms with Crippen LogP contribution in [0.1, 0.15) is 35.3 Å². The van der Waals surface area contributed by atoms with E-state index in [1.807, 2.05) is 25.1 Å². The van der Waals surface area contributed by atoms with Crippen LogP contribution in [0.5, 0.6) is 0 Å². The van der Waals surface area contributed by atoms with Crippen molar-refractivity contribution in [1.82, 2.24) is 19.5 Å². The summed E-state index contributed by atoms with van der Waals surface area (Å²) in [6.07, 6.45) is 1.79. The predicted molar refractivity (Wildman–Crippen MR) is 99.8 cm³/mol. The van der Waals surface area contributed by atoms with Gasteiger partial charge in [-0.05, 0) is 19.1 Å². The van der Waals surface area contributed by atoms with Crippen molar-refractivity contribution in [3.63, 3.8) is 0 Å². The number of rotatable bonds is 4. The van der Waals surface area contributed by atoms with Crippen molar-refractivity contribution >= 4 is 23.1 Å². The molecule has 2 aromatic heterocycles. The topological polar surface area (TPSA) is 99.6 Å². The fourth-order valence-corrected chi connectivity index (χ4v) is 3.37. The molecule has 1 aliphatic heterocycles. The highest BCUT2D eigenvalue weighted by Crippen LogP contribution is 2.26. The molecule has 2 amide bonds. The number of amides is 2. The zero-order valence-electron chi connectivity index (χ0n) is 14.8. The maximum atomic E-state index is 12.6. The van der Waals surface area contributed by atoms with E-state index in [0.717, 1.165) is 0 Å². The van der Waals surface area contributed by atoms with Crippen molar-refractivity contribution in [1.29, 1.82) is 0 Å². The van der Waals surface area contributed by atoms with Gasteiger partial charge in [0, 0.05) is 43.4 Å². The Balaban J connectivity index is 1.69. The second kappa shape index (κ2) is 6.71. The average molecular weight is 365 g/mol. The number of benzene rings is 1. The molecule has 0 spiro atoms. The van der Waals surface area contributed by atoms with E-state index < -0.39 is 0 Å². The van der Waals surface area contributed by atoms with Crippen LogP contribution in [-0.2, 0) is 4.79 Å². The molecule has 3 aromatic rings. The van der Waals surface area contributed by atoms with Gasteiger partial charge in [0.2, 0.25) is 5.91 Å². The molecule has 0 radical (unpaired) electrons. The van der Waals surface area contributed by atoms with E-state index in [1.165, 1.54) is 16.8 Å². The Morgan fingerprint density at radius 3 is 2.78 bits per heavy atom. The third kappa shape index (κ3) is 3.10. The molecule has 0 aliphatic carbocycles. The fourth-order valence-electron chi connectivity index (χ4n) is 3.37. The van der Waals surface area contributed by atoms with Gasteiger partial charge in [0.1, 0.15) is 5.56 Å². The molecule has 1 saturated heterocycles. The summed E-state index contributed by atoms with van der Waals surface area (Å²) in [7, 11) is 0. The van der Waals surface area contributed by atoms with Gasteiger partial charge in [-0.25, -0.2) is 9.50 Å². The molecule has 1 fully saturated rings. The van der Waals surface area contributed by atoms with Crippen LogP contribution >= 0.6 is 0 Å². The summed E-state index contributed by atoms with van der Waals surface area (Å²) in [4.78, 5) is 43.4. The number of aromatic amines is 1. The number of likely N-dealkylation sites (N-methyl/N-ethyl adjacent to an activating group) is 1. The van der Waals surface area contributed by atoms with Gasteiger partial charge in [-0.2, -0.15) is 0 Å². The lowest BCUT2D eigenvalue weighted by molar-refractivity contribution is -0.127. The van der Waals surface area contributed by atoms with Crippen molar-refractivity contribution in [3.05, 3.63) is 64.2 Å². The highest BCUT2D eigenvalue weighted by atomic mass is 16.2. The van der Waals surface area contributed by atoms with Crippen LogP contribution in [0.2, 0.25) is 0 Å². The number of hydrogen-bond donors (Lipinski definition) is 2. The molecule has 1 unspecified atom stereocenters. The van der Waals surface area contributed by atoms with Crippen molar-refractivity contribution < 1.29 is 9.59 Å². The molecule has 0 saturated carbocycles. The van der Waals surface area contributed by atoms with E-state index in [1.54, 1.807) is 17.0 Å². The largest absolute Gasteiger partial charge is 0.342 e. The lowest BCUT2D eigenvalue weighted by Gasteiger charge is -2.13. The molecule has 1 aromatic carbocycles. The van der Waals surface area contributed by atoms with Crippen LogP contribution in [0.4, 0.5) is 5.69 Å². The first-order valence-corrected chi connectivity index (χ1v) is 8.82. The summed E-state index contributed by atoms with van der Waals surface area (Å²) in [6, 6.07) is 10.5. The Kier molecular flexibility index (Phi) is 4.23. The Morgan fingerprint density at radius 1 is 1.30 bits per heavy atom. The molecule has 138 valence electrons. The number of carbonyl (C=O) groups excluding carboxylic acids is 2. The van der Waals surface area contributed by atoms with E-state index in [9.17, 15) is 14.4 Å². The smallest absolute Gasteiger partial charge is 0.272 e. The van der Waals surface area contributed by atoms with Crippen molar-refractivity contribution in [3.8, 4) is 0 Å². The minimum atomic E-state index is -0.360. The van der Waals surface area contributed by atoms with Crippen molar-refractivity contribution in [2.45, 2.75) is 19.3 Å². The van der Waals surface area contributed by atoms with Gasteiger partial charge in [-0.1, -0.05) is 18.2 Å². The SMILES string of the molecule is CCN1CC(c2cc(=O)n3[nH]cc(C(=O)Nc4ccccc4)c3n2)CC1=O. The van der Waals surface area contributed by atoms with Crippen LogP contribution in [0.3, 0.4) is 0 Å². The van der Waals surface area contributed by atoms with E-state index in [4.69, 9.17) is 0 Å². The number of nitrogens with zero attached hydrogens (tertiary/aromatic N) is 3. The van der Waals surface area contributed by atoms with E-state index in [-0.39, 0.29) is 34.5 Å². The van der Waals surface area contributed by atoms with Crippen LogP contribution in [0.15, 0.2) is 47.4 Å². The Bertz CT molecular complexity index is 1070. The third-order valence-electron chi connectivity index (χ3n) is 4.81. The van der Waals surface area contributed by atoms with Gasteiger partial charge >= 0.3 is 0 Å². The van der Waals surface area contributed by atoms with Crippen LogP contribution in [0, 0.1) is 0 Å². The molecule has 2 N–H and O–H groups in total. The molecule has 8 heteroatoms. The van der Waals surface area contributed by atoms with E-state index in [0.29, 0.717) is 30.9 Å². The van der Waals surface area contributed by atoms with Crippen molar-refractivity contribution in [2.75, 3.05) is 18.4 Å². The van der Waals surface area contributed by atoms with E-state index >= 15 is 0 Å². The van der Waals surface area contributed by atoms with Crippen LogP contribution in [-0.4, -0.2) is 44.4 Å². The van der Waals surface area contributed by atoms with Gasteiger partial charge in [0.25, 0.3) is 11.5 Å². The van der Waals surface area contributed by atoms with Gasteiger partial charge < -0.3 is 10.2 Å². The molecule has 27 heavy (non-hydrogen) atoms. The summed E-state index contributed by atoms with van der Waals surface area (Å²) in [5.74, 6) is -0.447. The quantitative estimate of drug-likeness (QED) is 0.734. The molecular formula is C19H19N5O3. The first-order valence-electron chi connectivity index (χ1n) is 8.82. The molecular weight excluding hydrogens is 346 g/mol. The Labute approximate surface area is 154 Å². The predicted octanol–water partition coefficient (Wildman–Crippen LogP) is 1.61. The highest BCUT2D eigenvalue weighted by Gasteiger charge is 2.31. The number of anilines is 1. The minimum absolute atomic E-state index is 0.0561. The summed E-state index contributed by atoms with van der Waals surface area (Å²) in [5, 5.41) is 5.56. The number of aromatic nitrogens is 3. The average Bonchev–Trinajstić information content (AvgIpc) is 3.26. The van der Waals surface area contributed by atoms with Crippen molar-refractivity contribution in [2.24, 2.45) is 0 Å². The second-order valence-corrected chi connectivity index (χ2v) is 6.52.